The van der Waals surface area contributed by atoms with Crippen molar-refractivity contribution in [2.75, 3.05) is 12.8 Å². The molecule has 0 bridgehead atoms. The van der Waals surface area contributed by atoms with Gasteiger partial charge in [-0.25, -0.2) is 0 Å². The van der Waals surface area contributed by atoms with Crippen LogP contribution in [0.25, 0.3) is 0 Å². The molecule has 0 saturated carbocycles. The van der Waals surface area contributed by atoms with Crippen LogP contribution in [-0.4, -0.2) is 23.5 Å². The van der Waals surface area contributed by atoms with Gasteiger partial charge < -0.3 is 5.32 Å². The summed E-state index contributed by atoms with van der Waals surface area (Å²) in [5, 5.41) is 2.55. The smallest absolute Gasteiger partial charge is 0.254 e. The number of hydrogen-bond donors (Lipinski definition) is 1. The first-order chi connectivity index (χ1) is 9.86. The standard InChI is InChI=1S/C16H19Cl2NOS/c1-10(2)13-9-12(11(3)8-14(13)21-4)6-5-7-19-16(20)15(17)18/h8-10,15H,7H2,1-4H3,(H,19,20). The van der Waals surface area contributed by atoms with E-state index in [1.165, 1.54) is 10.5 Å². The first-order valence-corrected chi connectivity index (χ1v) is 8.69. The highest BCUT2D eigenvalue weighted by Crippen LogP contribution is 2.29. The lowest BCUT2D eigenvalue weighted by atomic mass is 9.98. The molecular weight excluding hydrogens is 325 g/mol. The maximum Gasteiger partial charge on any atom is 0.254 e. The van der Waals surface area contributed by atoms with Gasteiger partial charge in [0.2, 0.25) is 0 Å². The van der Waals surface area contributed by atoms with Gasteiger partial charge in [0, 0.05) is 10.5 Å². The van der Waals surface area contributed by atoms with Gasteiger partial charge in [-0.1, -0.05) is 48.9 Å². The molecule has 1 N–H and O–H groups in total. The third kappa shape index (κ3) is 5.47. The van der Waals surface area contributed by atoms with E-state index in [4.69, 9.17) is 23.2 Å². The Balaban J connectivity index is 2.89. The summed E-state index contributed by atoms with van der Waals surface area (Å²) < 4.78 is 0. The second kappa shape index (κ2) is 8.58. The normalized spacial score (nSPS) is 10.5. The van der Waals surface area contributed by atoms with Crippen LogP contribution in [0.1, 0.15) is 36.5 Å². The van der Waals surface area contributed by atoms with Crippen molar-refractivity contribution in [3.8, 4) is 11.8 Å². The van der Waals surface area contributed by atoms with Gasteiger partial charge in [-0.3, -0.25) is 4.79 Å². The molecule has 0 spiro atoms. The zero-order chi connectivity index (χ0) is 16.0. The van der Waals surface area contributed by atoms with Crippen LogP contribution < -0.4 is 5.32 Å². The largest absolute Gasteiger partial charge is 0.343 e. The van der Waals surface area contributed by atoms with Crippen LogP contribution in [0.15, 0.2) is 17.0 Å². The lowest BCUT2D eigenvalue weighted by Gasteiger charge is -2.13. The minimum absolute atomic E-state index is 0.232. The van der Waals surface area contributed by atoms with E-state index in [1.54, 1.807) is 11.8 Å². The van der Waals surface area contributed by atoms with Crippen molar-refractivity contribution >= 4 is 40.9 Å². The van der Waals surface area contributed by atoms with Gasteiger partial charge in [-0.15, -0.1) is 11.8 Å². The van der Waals surface area contributed by atoms with E-state index in [0.29, 0.717) is 5.92 Å². The van der Waals surface area contributed by atoms with Crippen LogP contribution in [0, 0.1) is 18.8 Å². The van der Waals surface area contributed by atoms with Crippen molar-refractivity contribution in [1.82, 2.24) is 5.32 Å². The molecule has 0 aromatic heterocycles. The van der Waals surface area contributed by atoms with Crippen molar-refractivity contribution in [1.29, 1.82) is 0 Å². The molecule has 1 amide bonds. The fraction of sp³-hybridized carbons (Fsp3) is 0.438. The molecule has 1 aromatic rings. The van der Waals surface area contributed by atoms with E-state index in [1.807, 2.05) is 6.92 Å². The number of carbonyl (C=O) groups is 1. The second-order valence-electron chi connectivity index (χ2n) is 4.88. The molecule has 0 aliphatic carbocycles. The van der Waals surface area contributed by atoms with E-state index in [-0.39, 0.29) is 6.54 Å². The maximum absolute atomic E-state index is 11.2. The Kier molecular flexibility index (Phi) is 7.45. The van der Waals surface area contributed by atoms with E-state index < -0.39 is 10.7 Å². The Hall–Kier alpha value is -0.820. The van der Waals surface area contributed by atoms with Crippen LogP contribution in [0.4, 0.5) is 0 Å². The molecule has 21 heavy (non-hydrogen) atoms. The highest BCUT2D eigenvalue weighted by atomic mass is 35.5. The molecule has 0 radical (unpaired) electrons. The van der Waals surface area contributed by atoms with Crippen molar-refractivity contribution in [2.45, 2.75) is 36.4 Å². The minimum Gasteiger partial charge on any atom is -0.343 e. The van der Waals surface area contributed by atoms with Crippen LogP contribution in [0.2, 0.25) is 0 Å². The Morgan fingerprint density at radius 1 is 1.38 bits per heavy atom. The fourth-order valence-electron chi connectivity index (χ4n) is 1.81. The summed E-state index contributed by atoms with van der Waals surface area (Å²) in [6.07, 6.45) is 2.08. The van der Waals surface area contributed by atoms with Crippen LogP contribution in [0.3, 0.4) is 0 Å². The van der Waals surface area contributed by atoms with E-state index in [9.17, 15) is 4.79 Å². The Labute approximate surface area is 141 Å². The molecule has 1 rings (SSSR count). The predicted molar refractivity (Wildman–Crippen MR) is 92.4 cm³/mol. The molecule has 0 saturated heterocycles. The number of thioether (sulfide) groups is 1. The van der Waals surface area contributed by atoms with Gasteiger partial charge in [0.1, 0.15) is 0 Å². The average Bonchev–Trinajstić information content (AvgIpc) is 2.43. The van der Waals surface area contributed by atoms with E-state index >= 15 is 0 Å². The van der Waals surface area contributed by atoms with Crippen molar-refractivity contribution in [2.24, 2.45) is 0 Å². The highest BCUT2D eigenvalue weighted by Gasteiger charge is 2.10. The summed E-state index contributed by atoms with van der Waals surface area (Å²) in [7, 11) is 0. The lowest BCUT2D eigenvalue weighted by molar-refractivity contribution is -0.119. The zero-order valence-electron chi connectivity index (χ0n) is 12.6. The summed E-state index contributed by atoms with van der Waals surface area (Å²) >= 11 is 12.6. The first-order valence-electron chi connectivity index (χ1n) is 6.60. The molecule has 0 heterocycles. The van der Waals surface area contributed by atoms with Gasteiger partial charge in [-0.2, -0.15) is 0 Å². The Bertz CT molecular complexity index is 574. The maximum atomic E-state index is 11.2. The summed E-state index contributed by atoms with van der Waals surface area (Å²) in [4.78, 5) is 11.4. The highest BCUT2D eigenvalue weighted by molar-refractivity contribution is 7.98. The zero-order valence-corrected chi connectivity index (χ0v) is 14.9. The number of rotatable bonds is 4. The number of nitrogens with one attached hydrogen (secondary N) is 1. The van der Waals surface area contributed by atoms with Gasteiger partial charge in [0.15, 0.2) is 4.84 Å². The molecule has 0 fully saturated rings. The van der Waals surface area contributed by atoms with Crippen molar-refractivity contribution in [3.05, 3.63) is 28.8 Å². The predicted octanol–water partition coefficient (Wildman–Crippen LogP) is 4.11. The Morgan fingerprint density at radius 3 is 2.57 bits per heavy atom. The van der Waals surface area contributed by atoms with Crippen LogP contribution in [-0.2, 0) is 4.79 Å². The minimum atomic E-state index is -1.05. The topological polar surface area (TPSA) is 29.1 Å². The third-order valence-electron chi connectivity index (χ3n) is 2.97. The first kappa shape index (κ1) is 18.2. The number of amides is 1. The second-order valence-corrected chi connectivity index (χ2v) is 6.83. The van der Waals surface area contributed by atoms with Gasteiger partial charge in [0.25, 0.3) is 5.91 Å². The molecule has 2 nitrogen and oxygen atoms in total. The summed E-state index contributed by atoms with van der Waals surface area (Å²) in [6.45, 7) is 6.61. The number of benzene rings is 1. The molecule has 5 heteroatoms. The lowest BCUT2D eigenvalue weighted by Crippen LogP contribution is -2.28. The van der Waals surface area contributed by atoms with Gasteiger partial charge in [-0.05, 0) is 42.4 Å². The van der Waals surface area contributed by atoms with Crippen molar-refractivity contribution < 1.29 is 4.79 Å². The van der Waals surface area contributed by atoms with Crippen LogP contribution in [0.5, 0.6) is 0 Å². The third-order valence-corrected chi connectivity index (χ3v) is 4.16. The molecule has 0 atom stereocenters. The number of halogens is 2. The van der Waals surface area contributed by atoms with E-state index in [2.05, 4.69) is 49.4 Å². The van der Waals surface area contributed by atoms with Gasteiger partial charge in [0.05, 0.1) is 6.54 Å². The molecule has 114 valence electrons. The number of aryl methyl sites for hydroxylation is 1. The Morgan fingerprint density at radius 2 is 2.05 bits per heavy atom. The number of alkyl halides is 2. The quantitative estimate of drug-likeness (QED) is 0.506. The summed E-state index contributed by atoms with van der Waals surface area (Å²) in [6, 6.07) is 4.29. The van der Waals surface area contributed by atoms with Crippen molar-refractivity contribution in [3.63, 3.8) is 0 Å². The average molecular weight is 344 g/mol. The summed E-state index contributed by atoms with van der Waals surface area (Å²) in [5.41, 5.74) is 3.41. The SMILES string of the molecule is CSc1cc(C)c(C#CCNC(=O)C(Cl)Cl)cc1C(C)C. The number of carbonyl (C=O) groups excluding carboxylic acids is 1. The summed E-state index contributed by atoms with van der Waals surface area (Å²) in [5.74, 6) is 6.04. The number of hydrogen-bond acceptors (Lipinski definition) is 2. The molecular formula is C16H19Cl2NOS. The van der Waals surface area contributed by atoms with Crippen LogP contribution >= 0.6 is 35.0 Å². The monoisotopic (exact) mass is 343 g/mol. The molecule has 0 unspecified atom stereocenters. The fourth-order valence-corrected chi connectivity index (χ4v) is 2.79. The molecule has 0 aliphatic heterocycles. The molecule has 1 aromatic carbocycles. The molecule has 0 aliphatic rings. The van der Waals surface area contributed by atoms with E-state index in [0.717, 1.165) is 11.1 Å². The van der Waals surface area contributed by atoms with Gasteiger partial charge >= 0.3 is 0 Å².